The summed E-state index contributed by atoms with van der Waals surface area (Å²) in [6, 6.07) is 8.51. The zero-order chi connectivity index (χ0) is 17.0. The van der Waals surface area contributed by atoms with Gasteiger partial charge in [0.1, 0.15) is 5.60 Å². The number of nitrogens with zero attached hydrogens (tertiary/aromatic N) is 1. The zero-order valence-electron chi connectivity index (χ0n) is 15.1. The molecule has 1 amide bonds. The highest BCUT2D eigenvalue weighted by atomic mass is 16.6. The summed E-state index contributed by atoms with van der Waals surface area (Å²) in [5.74, 6) is 0.511. The van der Waals surface area contributed by atoms with Gasteiger partial charge in [0.2, 0.25) is 0 Å². The first-order chi connectivity index (χ1) is 10.7. The smallest absolute Gasteiger partial charge is 0.408 e. The molecule has 0 saturated carbocycles. The van der Waals surface area contributed by atoms with Gasteiger partial charge in [-0.05, 0) is 57.3 Å². The van der Waals surface area contributed by atoms with Gasteiger partial charge < -0.3 is 15.0 Å². The van der Waals surface area contributed by atoms with Crippen LogP contribution in [0.4, 0.5) is 4.79 Å². The largest absolute Gasteiger partial charge is 0.444 e. The Morgan fingerprint density at radius 1 is 1.17 bits per heavy atom. The van der Waals surface area contributed by atoms with Gasteiger partial charge in [-0.15, -0.1) is 0 Å². The third-order valence-electron chi connectivity index (χ3n) is 4.09. The second kappa shape index (κ2) is 7.35. The molecule has 1 atom stereocenters. The molecule has 0 aromatic heterocycles. The molecule has 0 unspecified atom stereocenters. The molecule has 1 saturated heterocycles. The van der Waals surface area contributed by atoms with E-state index in [9.17, 15) is 4.79 Å². The number of amides is 1. The van der Waals surface area contributed by atoms with Gasteiger partial charge >= 0.3 is 6.09 Å². The quantitative estimate of drug-likeness (QED) is 0.889. The summed E-state index contributed by atoms with van der Waals surface area (Å²) in [4.78, 5) is 14.5. The highest BCUT2D eigenvalue weighted by Gasteiger charge is 2.24. The number of hydrogen-bond acceptors (Lipinski definition) is 3. The van der Waals surface area contributed by atoms with Gasteiger partial charge in [0.05, 0.1) is 6.04 Å². The van der Waals surface area contributed by atoms with Crippen LogP contribution in [-0.4, -0.2) is 36.2 Å². The maximum absolute atomic E-state index is 12.2. The van der Waals surface area contributed by atoms with Crippen molar-refractivity contribution in [1.29, 1.82) is 0 Å². The molecule has 1 N–H and O–H groups in total. The molecule has 4 heteroatoms. The normalized spacial score (nSPS) is 16.8. The molecular formula is C19H30N2O2. The van der Waals surface area contributed by atoms with Gasteiger partial charge in [0, 0.05) is 6.54 Å². The summed E-state index contributed by atoms with van der Waals surface area (Å²) in [7, 11) is 0. The minimum Gasteiger partial charge on any atom is -0.444 e. The minimum absolute atomic E-state index is 0.0358. The van der Waals surface area contributed by atoms with Crippen molar-refractivity contribution in [3.63, 3.8) is 0 Å². The average Bonchev–Trinajstić information content (AvgIpc) is 2.39. The van der Waals surface area contributed by atoms with Crippen molar-refractivity contribution in [1.82, 2.24) is 10.2 Å². The highest BCUT2D eigenvalue weighted by molar-refractivity contribution is 5.68. The molecule has 0 bridgehead atoms. The number of rotatable bonds is 5. The standard InChI is InChI=1S/C19H30N2O2/c1-14(2)15-7-9-16(10-8-15)17(13-21-11-6-12-21)20-18(22)23-19(3,4)5/h7-10,14,17H,6,11-13H2,1-5H3,(H,20,22)/t17-/m1/s1. The number of ether oxygens (including phenoxy) is 1. The van der Waals surface area contributed by atoms with Crippen molar-refractivity contribution in [2.24, 2.45) is 0 Å². The Morgan fingerprint density at radius 3 is 2.17 bits per heavy atom. The van der Waals surface area contributed by atoms with Crippen LogP contribution in [0.5, 0.6) is 0 Å². The Morgan fingerprint density at radius 2 is 1.74 bits per heavy atom. The molecule has 0 spiro atoms. The van der Waals surface area contributed by atoms with Crippen molar-refractivity contribution in [3.8, 4) is 0 Å². The fraction of sp³-hybridized carbons (Fsp3) is 0.632. The predicted octanol–water partition coefficient (Wildman–Crippen LogP) is 4.08. The molecule has 1 aliphatic rings. The molecule has 0 radical (unpaired) electrons. The first kappa shape index (κ1) is 17.8. The molecular weight excluding hydrogens is 288 g/mol. The van der Waals surface area contributed by atoms with E-state index < -0.39 is 5.60 Å². The number of nitrogens with one attached hydrogen (secondary N) is 1. The third-order valence-corrected chi connectivity index (χ3v) is 4.09. The van der Waals surface area contributed by atoms with Crippen LogP contribution >= 0.6 is 0 Å². The van der Waals surface area contributed by atoms with Crippen LogP contribution < -0.4 is 5.32 Å². The SMILES string of the molecule is CC(C)c1ccc([C@@H](CN2CCC2)NC(=O)OC(C)(C)C)cc1. The van der Waals surface area contributed by atoms with Gasteiger partial charge in [0.25, 0.3) is 0 Å². The van der Waals surface area contributed by atoms with E-state index in [1.54, 1.807) is 0 Å². The van der Waals surface area contributed by atoms with Crippen molar-refractivity contribution in [2.75, 3.05) is 19.6 Å². The average molecular weight is 318 g/mol. The van der Waals surface area contributed by atoms with Crippen LogP contribution in [0.2, 0.25) is 0 Å². The summed E-state index contributed by atoms with van der Waals surface area (Å²) in [6.45, 7) is 13.1. The second-order valence-electron chi connectivity index (χ2n) is 7.67. The lowest BCUT2D eigenvalue weighted by Gasteiger charge is -2.34. The number of hydrogen-bond donors (Lipinski definition) is 1. The first-order valence-electron chi connectivity index (χ1n) is 8.56. The van der Waals surface area contributed by atoms with E-state index in [2.05, 4.69) is 48.3 Å². The van der Waals surface area contributed by atoms with Gasteiger partial charge in [-0.2, -0.15) is 0 Å². The van der Waals surface area contributed by atoms with Crippen LogP contribution in [-0.2, 0) is 4.74 Å². The lowest BCUT2D eigenvalue weighted by atomic mass is 9.98. The van der Waals surface area contributed by atoms with Crippen LogP contribution in [0.25, 0.3) is 0 Å². The van der Waals surface area contributed by atoms with Crippen molar-refractivity contribution < 1.29 is 9.53 Å². The molecule has 0 aliphatic carbocycles. The summed E-state index contributed by atoms with van der Waals surface area (Å²) in [5.41, 5.74) is 1.97. The topological polar surface area (TPSA) is 41.6 Å². The molecule has 2 rings (SSSR count). The maximum atomic E-state index is 12.2. The summed E-state index contributed by atoms with van der Waals surface area (Å²) in [6.07, 6.45) is 0.891. The summed E-state index contributed by atoms with van der Waals surface area (Å²) < 4.78 is 5.42. The van der Waals surface area contributed by atoms with Gasteiger partial charge in [-0.25, -0.2) is 4.79 Å². The van der Waals surface area contributed by atoms with Gasteiger partial charge in [-0.3, -0.25) is 0 Å². The highest BCUT2D eigenvalue weighted by Crippen LogP contribution is 2.22. The molecule has 1 fully saturated rings. The van der Waals surface area contributed by atoms with Crippen molar-refractivity contribution >= 4 is 6.09 Å². The van der Waals surface area contributed by atoms with E-state index in [1.807, 2.05) is 20.8 Å². The molecule has 23 heavy (non-hydrogen) atoms. The Kier molecular flexibility index (Phi) is 5.69. The van der Waals surface area contributed by atoms with Crippen molar-refractivity contribution in [2.45, 2.75) is 58.6 Å². The van der Waals surface area contributed by atoms with E-state index >= 15 is 0 Å². The molecule has 1 aliphatic heterocycles. The Labute approximate surface area is 140 Å². The van der Waals surface area contributed by atoms with Crippen LogP contribution in [0.1, 0.15) is 64.1 Å². The van der Waals surface area contributed by atoms with Crippen LogP contribution in [0.15, 0.2) is 24.3 Å². The monoisotopic (exact) mass is 318 g/mol. The molecule has 4 nitrogen and oxygen atoms in total. The van der Waals surface area contributed by atoms with E-state index in [0.717, 1.165) is 25.2 Å². The van der Waals surface area contributed by atoms with Crippen LogP contribution in [0.3, 0.4) is 0 Å². The van der Waals surface area contributed by atoms with E-state index in [0.29, 0.717) is 5.92 Å². The molecule has 1 heterocycles. The Bertz CT molecular complexity index is 513. The number of carbonyl (C=O) groups is 1. The van der Waals surface area contributed by atoms with Gasteiger partial charge in [-0.1, -0.05) is 38.1 Å². The number of carbonyl (C=O) groups excluding carboxylic acids is 1. The first-order valence-corrected chi connectivity index (χ1v) is 8.56. The number of alkyl carbamates (subject to hydrolysis) is 1. The fourth-order valence-corrected chi connectivity index (χ4v) is 2.62. The fourth-order valence-electron chi connectivity index (χ4n) is 2.62. The summed E-state index contributed by atoms with van der Waals surface area (Å²) in [5, 5.41) is 3.03. The molecule has 128 valence electrons. The van der Waals surface area contributed by atoms with E-state index in [1.165, 1.54) is 12.0 Å². The molecule has 1 aromatic carbocycles. The van der Waals surface area contributed by atoms with E-state index in [-0.39, 0.29) is 12.1 Å². The Balaban J connectivity index is 2.08. The van der Waals surface area contributed by atoms with Crippen molar-refractivity contribution in [3.05, 3.63) is 35.4 Å². The maximum Gasteiger partial charge on any atom is 0.408 e. The predicted molar refractivity (Wildman–Crippen MR) is 93.7 cm³/mol. The lowest BCUT2D eigenvalue weighted by molar-refractivity contribution is 0.0479. The Hall–Kier alpha value is -1.55. The summed E-state index contributed by atoms with van der Waals surface area (Å²) >= 11 is 0. The lowest BCUT2D eigenvalue weighted by Crippen LogP contribution is -2.45. The zero-order valence-corrected chi connectivity index (χ0v) is 15.1. The molecule has 1 aromatic rings. The third kappa shape index (κ3) is 5.54. The van der Waals surface area contributed by atoms with E-state index in [4.69, 9.17) is 4.74 Å². The second-order valence-corrected chi connectivity index (χ2v) is 7.67. The van der Waals surface area contributed by atoms with Crippen LogP contribution in [0, 0.1) is 0 Å². The minimum atomic E-state index is -0.479. The number of benzene rings is 1. The number of likely N-dealkylation sites (tertiary alicyclic amines) is 1. The van der Waals surface area contributed by atoms with Gasteiger partial charge in [0.15, 0.2) is 0 Å².